The molecule has 0 saturated carbocycles. The van der Waals surface area contributed by atoms with Crippen LogP contribution in [0.1, 0.15) is 12.5 Å². The molecule has 0 fully saturated rings. The molecular weight excluding hydrogens is 242 g/mol. The second-order valence-electron chi connectivity index (χ2n) is 4.75. The molecule has 0 saturated heterocycles. The highest BCUT2D eigenvalue weighted by Crippen LogP contribution is 2.31. The Bertz CT molecular complexity index is 621. The Morgan fingerprint density at radius 3 is 3.00 bits per heavy atom. The SMILES string of the molecule is CC1Cc2ccccc2N1C(=O)Cn1cnc(N)n1. The fourth-order valence-electron chi connectivity index (χ4n) is 2.55. The molecule has 19 heavy (non-hydrogen) atoms. The summed E-state index contributed by atoms with van der Waals surface area (Å²) in [5.41, 5.74) is 7.65. The molecule has 1 amide bonds. The van der Waals surface area contributed by atoms with Gasteiger partial charge in [0.05, 0.1) is 0 Å². The minimum Gasteiger partial charge on any atom is -0.367 e. The van der Waals surface area contributed by atoms with Gasteiger partial charge in [-0.15, -0.1) is 5.10 Å². The van der Waals surface area contributed by atoms with Crippen molar-refractivity contribution < 1.29 is 4.79 Å². The number of hydrogen-bond acceptors (Lipinski definition) is 4. The zero-order valence-electron chi connectivity index (χ0n) is 10.7. The summed E-state index contributed by atoms with van der Waals surface area (Å²) in [6.07, 6.45) is 2.36. The molecule has 3 rings (SSSR count). The number of benzene rings is 1. The number of carbonyl (C=O) groups excluding carboxylic acids is 1. The number of anilines is 2. The third kappa shape index (κ3) is 2.05. The predicted octanol–water partition coefficient (Wildman–Crippen LogP) is 0.838. The summed E-state index contributed by atoms with van der Waals surface area (Å²) in [5.74, 6) is 0.185. The van der Waals surface area contributed by atoms with Crippen LogP contribution >= 0.6 is 0 Å². The Balaban J connectivity index is 1.84. The van der Waals surface area contributed by atoms with Gasteiger partial charge in [0.1, 0.15) is 12.9 Å². The topological polar surface area (TPSA) is 77.0 Å². The van der Waals surface area contributed by atoms with Crippen molar-refractivity contribution in [2.24, 2.45) is 0 Å². The average molecular weight is 257 g/mol. The fourth-order valence-corrected chi connectivity index (χ4v) is 2.55. The molecule has 1 aromatic carbocycles. The molecule has 0 aliphatic carbocycles. The van der Waals surface area contributed by atoms with E-state index in [0.29, 0.717) is 0 Å². The van der Waals surface area contributed by atoms with E-state index in [2.05, 4.69) is 16.1 Å². The molecule has 6 nitrogen and oxygen atoms in total. The maximum Gasteiger partial charge on any atom is 0.249 e. The lowest BCUT2D eigenvalue weighted by Gasteiger charge is -2.22. The van der Waals surface area contributed by atoms with Crippen LogP contribution in [-0.2, 0) is 17.8 Å². The highest BCUT2D eigenvalue weighted by molar-refractivity contribution is 5.95. The van der Waals surface area contributed by atoms with Crippen molar-refractivity contribution in [3.05, 3.63) is 36.2 Å². The normalized spacial score (nSPS) is 17.5. The van der Waals surface area contributed by atoms with E-state index in [-0.39, 0.29) is 24.4 Å². The number of para-hydroxylation sites is 1. The molecule has 98 valence electrons. The van der Waals surface area contributed by atoms with Crippen molar-refractivity contribution in [2.75, 3.05) is 10.6 Å². The molecule has 2 heterocycles. The number of hydrogen-bond donors (Lipinski definition) is 1. The van der Waals surface area contributed by atoms with E-state index in [4.69, 9.17) is 5.73 Å². The molecule has 6 heteroatoms. The molecule has 2 aromatic rings. The van der Waals surface area contributed by atoms with E-state index in [1.807, 2.05) is 30.0 Å². The molecule has 1 atom stereocenters. The van der Waals surface area contributed by atoms with Gasteiger partial charge in [-0.05, 0) is 25.0 Å². The molecule has 1 aliphatic rings. The van der Waals surface area contributed by atoms with E-state index < -0.39 is 0 Å². The maximum atomic E-state index is 12.4. The van der Waals surface area contributed by atoms with Gasteiger partial charge in [0.2, 0.25) is 11.9 Å². The van der Waals surface area contributed by atoms with Crippen LogP contribution in [0.5, 0.6) is 0 Å². The molecule has 0 bridgehead atoms. The Labute approximate surface area is 110 Å². The molecule has 1 unspecified atom stereocenters. The van der Waals surface area contributed by atoms with Gasteiger partial charge >= 0.3 is 0 Å². The van der Waals surface area contributed by atoms with Gasteiger partial charge in [0.25, 0.3) is 0 Å². The highest BCUT2D eigenvalue weighted by atomic mass is 16.2. The van der Waals surface area contributed by atoms with Gasteiger partial charge in [-0.3, -0.25) is 4.79 Å². The van der Waals surface area contributed by atoms with Crippen molar-refractivity contribution in [1.29, 1.82) is 0 Å². The molecule has 0 spiro atoms. The minimum atomic E-state index is 0.00218. The van der Waals surface area contributed by atoms with Crippen LogP contribution in [0.15, 0.2) is 30.6 Å². The second-order valence-corrected chi connectivity index (χ2v) is 4.75. The van der Waals surface area contributed by atoms with Crippen LogP contribution in [0.4, 0.5) is 11.6 Å². The summed E-state index contributed by atoms with van der Waals surface area (Å²) < 4.78 is 1.46. The Morgan fingerprint density at radius 2 is 2.26 bits per heavy atom. The van der Waals surface area contributed by atoms with Crippen LogP contribution in [-0.4, -0.2) is 26.7 Å². The largest absolute Gasteiger partial charge is 0.367 e. The minimum absolute atomic E-state index is 0.00218. The van der Waals surface area contributed by atoms with E-state index in [1.54, 1.807) is 0 Å². The number of aromatic nitrogens is 3. The van der Waals surface area contributed by atoms with E-state index in [1.165, 1.54) is 16.6 Å². The quantitative estimate of drug-likeness (QED) is 0.864. The summed E-state index contributed by atoms with van der Waals surface area (Å²) in [4.78, 5) is 18.0. The first kappa shape index (κ1) is 11.7. The number of amides is 1. The summed E-state index contributed by atoms with van der Waals surface area (Å²) in [6, 6.07) is 8.16. The first-order valence-corrected chi connectivity index (χ1v) is 6.20. The number of rotatable bonds is 2. The Hall–Kier alpha value is -2.37. The second kappa shape index (κ2) is 4.38. The van der Waals surface area contributed by atoms with Crippen molar-refractivity contribution in [3.8, 4) is 0 Å². The molecule has 1 aliphatic heterocycles. The van der Waals surface area contributed by atoms with Crippen molar-refractivity contribution >= 4 is 17.5 Å². The maximum absolute atomic E-state index is 12.4. The van der Waals surface area contributed by atoms with Crippen molar-refractivity contribution in [2.45, 2.75) is 25.9 Å². The van der Waals surface area contributed by atoms with Crippen LogP contribution in [0.2, 0.25) is 0 Å². The lowest BCUT2D eigenvalue weighted by molar-refractivity contribution is -0.119. The monoisotopic (exact) mass is 257 g/mol. The zero-order chi connectivity index (χ0) is 13.4. The first-order valence-electron chi connectivity index (χ1n) is 6.20. The number of nitrogens with two attached hydrogens (primary N) is 1. The molecule has 2 N–H and O–H groups in total. The van der Waals surface area contributed by atoms with Crippen LogP contribution in [0, 0.1) is 0 Å². The number of carbonyl (C=O) groups is 1. The highest BCUT2D eigenvalue weighted by Gasteiger charge is 2.30. The summed E-state index contributed by atoms with van der Waals surface area (Å²) in [7, 11) is 0. The predicted molar refractivity (Wildman–Crippen MR) is 71.5 cm³/mol. The van der Waals surface area contributed by atoms with Crippen LogP contribution in [0.25, 0.3) is 0 Å². The van der Waals surface area contributed by atoms with Gasteiger partial charge in [-0.1, -0.05) is 18.2 Å². The molecule has 1 aromatic heterocycles. The fraction of sp³-hybridized carbons (Fsp3) is 0.308. The molecule has 0 radical (unpaired) electrons. The number of fused-ring (bicyclic) bond motifs is 1. The number of nitrogens with zero attached hydrogens (tertiary/aromatic N) is 4. The van der Waals surface area contributed by atoms with E-state index >= 15 is 0 Å². The summed E-state index contributed by atoms with van der Waals surface area (Å²) in [5, 5.41) is 3.94. The van der Waals surface area contributed by atoms with Crippen molar-refractivity contribution in [3.63, 3.8) is 0 Å². The van der Waals surface area contributed by atoms with E-state index in [0.717, 1.165) is 12.1 Å². The third-order valence-electron chi connectivity index (χ3n) is 3.33. The van der Waals surface area contributed by atoms with E-state index in [9.17, 15) is 4.79 Å². The van der Waals surface area contributed by atoms with Gasteiger partial charge in [-0.25, -0.2) is 9.67 Å². The zero-order valence-corrected chi connectivity index (χ0v) is 10.7. The van der Waals surface area contributed by atoms with Crippen molar-refractivity contribution in [1.82, 2.24) is 14.8 Å². The van der Waals surface area contributed by atoms with Gasteiger partial charge in [0, 0.05) is 11.7 Å². The third-order valence-corrected chi connectivity index (χ3v) is 3.33. The lowest BCUT2D eigenvalue weighted by atomic mass is 10.1. The first-order chi connectivity index (χ1) is 9.15. The van der Waals surface area contributed by atoms with Gasteiger partial charge in [0.15, 0.2) is 0 Å². The Morgan fingerprint density at radius 1 is 1.47 bits per heavy atom. The molecular formula is C13H15N5O. The smallest absolute Gasteiger partial charge is 0.249 e. The number of nitrogen functional groups attached to an aromatic ring is 1. The summed E-state index contributed by atoms with van der Waals surface area (Å²) in [6.45, 7) is 2.20. The summed E-state index contributed by atoms with van der Waals surface area (Å²) >= 11 is 0. The van der Waals surface area contributed by atoms with Crippen LogP contribution in [0.3, 0.4) is 0 Å². The standard InChI is InChI=1S/C13H15N5O/c1-9-6-10-4-2-3-5-11(10)18(9)12(19)7-17-8-15-13(14)16-17/h2-5,8-9H,6-7H2,1H3,(H2,14,16). The average Bonchev–Trinajstić information content (AvgIpc) is 2.91. The van der Waals surface area contributed by atoms with Crippen LogP contribution < -0.4 is 10.6 Å². The Kier molecular flexibility index (Phi) is 2.70. The lowest BCUT2D eigenvalue weighted by Crippen LogP contribution is -2.38. The van der Waals surface area contributed by atoms with Gasteiger partial charge < -0.3 is 10.6 Å². The van der Waals surface area contributed by atoms with Gasteiger partial charge in [-0.2, -0.15) is 0 Å².